The van der Waals surface area contributed by atoms with Crippen molar-refractivity contribution < 1.29 is 23.5 Å². The van der Waals surface area contributed by atoms with E-state index in [0.717, 1.165) is 19.3 Å². The molecule has 0 fully saturated rings. The van der Waals surface area contributed by atoms with E-state index in [4.69, 9.17) is 4.74 Å². The van der Waals surface area contributed by atoms with Gasteiger partial charge in [0.25, 0.3) is 0 Å². The van der Waals surface area contributed by atoms with Gasteiger partial charge in [0.1, 0.15) is 23.5 Å². The van der Waals surface area contributed by atoms with E-state index in [1.807, 2.05) is 19.9 Å². The fourth-order valence-electron chi connectivity index (χ4n) is 3.84. The number of unbranched alkanes of at least 4 members (excludes halogenated alkanes) is 2. The zero-order chi connectivity index (χ0) is 28.3. The summed E-state index contributed by atoms with van der Waals surface area (Å²) in [5.41, 5.74) is -0.156. The molecule has 0 spiro atoms. The Kier molecular flexibility index (Phi) is 13.3. The average Bonchev–Trinajstić information content (AvgIpc) is 2.78. The van der Waals surface area contributed by atoms with Crippen molar-refractivity contribution in [2.75, 3.05) is 20.6 Å². The highest BCUT2D eigenvalue weighted by molar-refractivity contribution is 9.10. The molecule has 0 heterocycles. The molecule has 1 aromatic rings. The van der Waals surface area contributed by atoms with Crippen LogP contribution >= 0.6 is 15.9 Å². The first-order valence-electron chi connectivity index (χ1n) is 12.7. The van der Waals surface area contributed by atoms with Gasteiger partial charge >= 0.3 is 6.09 Å². The van der Waals surface area contributed by atoms with Crippen LogP contribution in [0.3, 0.4) is 0 Å². The quantitative estimate of drug-likeness (QED) is 0.238. The van der Waals surface area contributed by atoms with Crippen LogP contribution in [0.15, 0.2) is 35.3 Å². The van der Waals surface area contributed by atoms with Gasteiger partial charge in [0, 0.05) is 31.5 Å². The average molecular weight is 585 g/mol. The van der Waals surface area contributed by atoms with E-state index >= 15 is 0 Å². The molecule has 0 aliphatic heterocycles. The van der Waals surface area contributed by atoms with Crippen molar-refractivity contribution in [3.05, 3.63) is 46.7 Å². The molecule has 1 rings (SSSR count). The predicted octanol–water partition coefficient (Wildman–Crippen LogP) is 5.71. The molecule has 37 heavy (non-hydrogen) atoms. The molecule has 0 bridgehead atoms. The van der Waals surface area contributed by atoms with E-state index in [1.54, 1.807) is 45.8 Å². The Balaban J connectivity index is 3.26. The standard InChI is InChI=1S/C28H43BrFN3O4/c1-9-10-11-12-15-32(7)26(35)24(18-20-17-21(30)13-14-22(20)29)33(8)25(34)23(16-19(2)3)31-27(36)37-28(4,5)6/h9,13-14,17,19,23-24H,1,10-12,15-16,18H2,2-8H3,(H,31,36)/t23-,24-/m0/s1. The van der Waals surface area contributed by atoms with Gasteiger partial charge in [-0.1, -0.05) is 35.9 Å². The van der Waals surface area contributed by atoms with Crippen molar-refractivity contribution in [1.82, 2.24) is 15.1 Å². The Hall–Kier alpha value is -2.42. The summed E-state index contributed by atoms with van der Waals surface area (Å²) in [5.74, 6) is -1.01. The third-order valence-corrected chi connectivity index (χ3v) is 6.52. The second-order valence-electron chi connectivity index (χ2n) is 10.8. The summed E-state index contributed by atoms with van der Waals surface area (Å²) in [6, 6.07) is 2.49. The van der Waals surface area contributed by atoms with E-state index in [-0.39, 0.29) is 18.2 Å². The van der Waals surface area contributed by atoms with Crippen LogP contribution in [0.2, 0.25) is 0 Å². The zero-order valence-corrected chi connectivity index (χ0v) is 24.9. The number of halogens is 2. The number of hydrogen-bond acceptors (Lipinski definition) is 4. The topological polar surface area (TPSA) is 79.0 Å². The number of allylic oxidation sites excluding steroid dienone is 1. The summed E-state index contributed by atoms with van der Waals surface area (Å²) in [4.78, 5) is 42.7. The van der Waals surface area contributed by atoms with Gasteiger partial charge in [-0.3, -0.25) is 9.59 Å². The second kappa shape index (κ2) is 15.1. The molecule has 1 N–H and O–H groups in total. The van der Waals surface area contributed by atoms with Crippen LogP contribution in [0.25, 0.3) is 0 Å². The smallest absolute Gasteiger partial charge is 0.408 e. The maximum absolute atomic E-state index is 14.0. The lowest BCUT2D eigenvalue weighted by molar-refractivity contribution is -0.145. The fourth-order valence-corrected chi connectivity index (χ4v) is 4.25. The lowest BCUT2D eigenvalue weighted by Gasteiger charge is -2.34. The van der Waals surface area contributed by atoms with Gasteiger partial charge in [0.2, 0.25) is 11.8 Å². The van der Waals surface area contributed by atoms with Crippen LogP contribution < -0.4 is 5.32 Å². The van der Waals surface area contributed by atoms with Gasteiger partial charge in [0.05, 0.1) is 0 Å². The number of carbonyl (C=O) groups excluding carboxylic acids is 3. The monoisotopic (exact) mass is 583 g/mol. The molecule has 1 aromatic carbocycles. The molecule has 208 valence electrons. The van der Waals surface area contributed by atoms with Crippen molar-refractivity contribution in [3.63, 3.8) is 0 Å². The molecule has 3 amide bonds. The van der Waals surface area contributed by atoms with E-state index in [2.05, 4.69) is 27.8 Å². The summed E-state index contributed by atoms with van der Waals surface area (Å²) in [6.07, 6.45) is 4.15. The van der Waals surface area contributed by atoms with Crippen molar-refractivity contribution in [2.24, 2.45) is 5.92 Å². The van der Waals surface area contributed by atoms with E-state index in [1.165, 1.54) is 17.0 Å². The number of carbonyl (C=O) groups is 3. The van der Waals surface area contributed by atoms with Gasteiger partial charge in [-0.05, 0) is 76.1 Å². The van der Waals surface area contributed by atoms with Crippen LogP contribution in [-0.4, -0.2) is 66.0 Å². The van der Waals surface area contributed by atoms with Gasteiger partial charge in [-0.2, -0.15) is 0 Å². The first kappa shape index (κ1) is 32.6. The molecule has 0 aromatic heterocycles. The highest BCUT2D eigenvalue weighted by Gasteiger charge is 2.35. The van der Waals surface area contributed by atoms with Crippen molar-refractivity contribution >= 4 is 33.8 Å². The number of amides is 3. The van der Waals surface area contributed by atoms with Gasteiger partial charge < -0.3 is 19.9 Å². The van der Waals surface area contributed by atoms with Crippen LogP contribution in [0, 0.1) is 11.7 Å². The maximum atomic E-state index is 14.0. The number of alkyl carbamates (subject to hydrolysis) is 1. The zero-order valence-electron chi connectivity index (χ0n) is 23.3. The summed E-state index contributed by atoms with van der Waals surface area (Å²) in [7, 11) is 3.25. The molecular formula is C28H43BrFN3O4. The summed E-state index contributed by atoms with van der Waals surface area (Å²) >= 11 is 3.43. The second-order valence-corrected chi connectivity index (χ2v) is 11.6. The normalized spacial score (nSPS) is 13.0. The molecular weight excluding hydrogens is 541 g/mol. The number of rotatable bonds is 13. The van der Waals surface area contributed by atoms with Gasteiger partial charge in [-0.25, -0.2) is 9.18 Å². The van der Waals surface area contributed by atoms with E-state index in [0.29, 0.717) is 23.0 Å². The summed E-state index contributed by atoms with van der Waals surface area (Å²) in [6.45, 7) is 13.4. The molecule has 0 saturated heterocycles. The number of benzene rings is 1. The first-order chi connectivity index (χ1) is 17.2. The minimum absolute atomic E-state index is 0.0938. The van der Waals surface area contributed by atoms with Gasteiger partial charge in [0.15, 0.2) is 0 Å². The SMILES string of the molecule is C=CCCCCN(C)C(=O)[C@H](Cc1cc(F)ccc1Br)N(C)C(=O)[C@H](CC(C)C)NC(=O)OC(C)(C)C. The third-order valence-electron chi connectivity index (χ3n) is 5.75. The van der Waals surface area contributed by atoms with Crippen molar-refractivity contribution in [2.45, 2.75) is 84.4 Å². The summed E-state index contributed by atoms with van der Waals surface area (Å²) < 4.78 is 20.0. The van der Waals surface area contributed by atoms with Crippen molar-refractivity contribution in [3.8, 4) is 0 Å². The van der Waals surface area contributed by atoms with Crippen LogP contribution in [0.1, 0.15) is 65.9 Å². The Labute approximate surface area is 229 Å². The number of hydrogen-bond donors (Lipinski definition) is 1. The lowest BCUT2D eigenvalue weighted by Crippen LogP contribution is -2.56. The lowest BCUT2D eigenvalue weighted by atomic mass is 9.99. The van der Waals surface area contributed by atoms with Crippen molar-refractivity contribution in [1.29, 1.82) is 0 Å². The van der Waals surface area contributed by atoms with E-state index < -0.39 is 35.5 Å². The Bertz CT molecular complexity index is 932. The fraction of sp³-hybridized carbons (Fsp3) is 0.607. The van der Waals surface area contributed by atoms with Crippen LogP contribution in [0.4, 0.5) is 9.18 Å². The summed E-state index contributed by atoms with van der Waals surface area (Å²) in [5, 5.41) is 2.69. The molecule has 0 aliphatic carbocycles. The molecule has 0 radical (unpaired) electrons. The molecule has 9 heteroatoms. The Morgan fingerprint density at radius 3 is 2.38 bits per heavy atom. The molecule has 2 atom stereocenters. The molecule has 0 aliphatic rings. The largest absolute Gasteiger partial charge is 0.444 e. The van der Waals surface area contributed by atoms with Gasteiger partial charge in [-0.15, -0.1) is 6.58 Å². The first-order valence-corrected chi connectivity index (χ1v) is 13.5. The van der Waals surface area contributed by atoms with E-state index in [9.17, 15) is 18.8 Å². The number of nitrogens with zero attached hydrogens (tertiary/aromatic N) is 2. The minimum Gasteiger partial charge on any atom is -0.444 e. The third kappa shape index (κ3) is 11.7. The minimum atomic E-state index is -0.898. The number of ether oxygens (including phenoxy) is 1. The molecule has 0 saturated carbocycles. The number of nitrogens with one attached hydrogen (secondary N) is 1. The maximum Gasteiger partial charge on any atom is 0.408 e. The molecule has 0 unspecified atom stereocenters. The van der Waals surface area contributed by atoms with Crippen LogP contribution in [-0.2, 0) is 20.7 Å². The Morgan fingerprint density at radius 1 is 1.16 bits per heavy atom. The molecule has 7 nitrogen and oxygen atoms in total. The highest BCUT2D eigenvalue weighted by atomic mass is 79.9. The highest BCUT2D eigenvalue weighted by Crippen LogP contribution is 2.22. The predicted molar refractivity (Wildman–Crippen MR) is 149 cm³/mol. The number of likely N-dealkylation sites (N-methyl/N-ethyl adjacent to an activating group) is 2. The van der Waals surface area contributed by atoms with Crippen LogP contribution in [0.5, 0.6) is 0 Å². The Morgan fingerprint density at radius 2 is 1.81 bits per heavy atom.